The van der Waals surface area contributed by atoms with Gasteiger partial charge in [0.05, 0.1) is 11.9 Å². The van der Waals surface area contributed by atoms with Crippen LogP contribution in [0, 0.1) is 13.8 Å². The van der Waals surface area contributed by atoms with Gasteiger partial charge < -0.3 is 9.64 Å². The lowest BCUT2D eigenvalue weighted by Gasteiger charge is -2.21. The molecule has 3 aromatic rings. The summed E-state index contributed by atoms with van der Waals surface area (Å²) in [5.41, 5.74) is 5.22. The molecule has 0 saturated carbocycles. The molecular formula is C24H33N5OS. The van der Waals surface area contributed by atoms with Crippen molar-refractivity contribution < 1.29 is 4.74 Å². The fraction of sp³-hybridized carbons (Fsp3) is 0.500. The summed E-state index contributed by atoms with van der Waals surface area (Å²) < 4.78 is 10.5. The van der Waals surface area contributed by atoms with E-state index in [1.807, 2.05) is 0 Å². The summed E-state index contributed by atoms with van der Waals surface area (Å²) in [6.07, 6.45) is 4.54. The molecule has 0 atom stereocenters. The van der Waals surface area contributed by atoms with Gasteiger partial charge in [-0.25, -0.2) is 4.98 Å². The van der Waals surface area contributed by atoms with Gasteiger partial charge in [0, 0.05) is 35.7 Å². The zero-order valence-corrected chi connectivity index (χ0v) is 20.7. The summed E-state index contributed by atoms with van der Waals surface area (Å²) in [5, 5.41) is 0.506. The normalized spacial score (nSPS) is 12.1. The number of hydrogen-bond acceptors (Lipinski definition) is 7. The first-order valence-electron chi connectivity index (χ1n) is 10.7. The number of likely N-dealkylation sites (N-methyl/N-ethyl adjacent to an activating group) is 1. The first-order valence-corrected chi connectivity index (χ1v) is 11.5. The van der Waals surface area contributed by atoms with Crippen molar-refractivity contribution in [2.45, 2.75) is 66.3 Å². The molecule has 0 radical (unpaired) electrons. The molecule has 2 aromatic heterocycles. The quantitative estimate of drug-likeness (QED) is 0.478. The van der Waals surface area contributed by atoms with Crippen LogP contribution in [0.1, 0.15) is 57.0 Å². The Labute approximate surface area is 189 Å². The van der Waals surface area contributed by atoms with Crippen molar-refractivity contribution in [3.63, 3.8) is 0 Å². The third-order valence-electron chi connectivity index (χ3n) is 5.50. The van der Waals surface area contributed by atoms with Crippen molar-refractivity contribution >= 4 is 11.5 Å². The zero-order valence-electron chi connectivity index (χ0n) is 19.9. The largest absolute Gasteiger partial charge is 0.430 e. The van der Waals surface area contributed by atoms with E-state index in [0.29, 0.717) is 22.8 Å². The zero-order chi connectivity index (χ0) is 22.8. The lowest BCUT2D eigenvalue weighted by molar-refractivity contribution is 0.277. The van der Waals surface area contributed by atoms with Gasteiger partial charge in [-0.3, -0.25) is 4.98 Å². The highest BCUT2D eigenvalue weighted by molar-refractivity contribution is 7.07. The van der Waals surface area contributed by atoms with E-state index in [-0.39, 0.29) is 5.41 Å². The molecule has 166 valence electrons. The van der Waals surface area contributed by atoms with Crippen molar-refractivity contribution in [3.05, 3.63) is 46.9 Å². The van der Waals surface area contributed by atoms with E-state index >= 15 is 0 Å². The average molecular weight is 440 g/mol. The number of hydrogen-bond donors (Lipinski definition) is 0. The molecule has 3 rings (SSSR count). The minimum absolute atomic E-state index is 0.0406. The molecule has 0 aliphatic heterocycles. The molecule has 0 N–H and O–H groups in total. The van der Waals surface area contributed by atoms with Crippen LogP contribution < -0.4 is 4.74 Å². The van der Waals surface area contributed by atoms with Crippen molar-refractivity contribution in [3.8, 4) is 22.5 Å². The number of rotatable bonds is 7. The Kier molecular flexibility index (Phi) is 7.06. The fourth-order valence-corrected chi connectivity index (χ4v) is 3.62. The van der Waals surface area contributed by atoms with Gasteiger partial charge in [-0.1, -0.05) is 26.8 Å². The first kappa shape index (κ1) is 23.3. The van der Waals surface area contributed by atoms with Crippen LogP contribution >= 0.6 is 11.5 Å². The Hall–Kier alpha value is -2.38. The molecule has 0 amide bonds. The van der Waals surface area contributed by atoms with Crippen LogP contribution in [0.4, 0.5) is 0 Å². The Morgan fingerprint density at radius 2 is 1.81 bits per heavy atom. The van der Waals surface area contributed by atoms with Gasteiger partial charge in [0.25, 0.3) is 5.19 Å². The molecule has 0 spiro atoms. The highest BCUT2D eigenvalue weighted by Gasteiger charge is 2.17. The maximum Gasteiger partial charge on any atom is 0.299 e. The molecule has 0 unspecified atom stereocenters. The lowest BCUT2D eigenvalue weighted by Crippen LogP contribution is -2.28. The smallest absolute Gasteiger partial charge is 0.299 e. The predicted octanol–water partition coefficient (Wildman–Crippen LogP) is 5.58. The van der Waals surface area contributed by atoms with E-state index < -0.39 is 0 Å². The maximum absolute atomic E-state index is 6.08. The Morgan fingerprint density at radius 3 is 2.42 bits per heavy atom. The Bertz CT molecular complexity index is 1020. The molecule has 6 nitrogen and oxygen atoms in total. The second-order valence-corrected chi connectivity index (χ2v) is 10.1. The van der Waals surface area contributed by atoms with E-state index in [4.69, 9.17) is 4.74 Å². The topological polar surface area (TPSA) is 64.0 Å². The van der Waals surface area contributed by atoms with Gasteiger partial charge in [0.1, 0.15) is 11.4 Å². The van der Waals surface area contributed by atoms with Crippen LogP contribution in [0.5, 0.6) is 10.9 Å². The van der Waals surface area contributed by atoms with Crippen LogP contribution in [0.3, 0.4) is 0 Å². The standard InChI is InChI=1S/C24H33N5OS/c1-15(2)29(8)10-9-18-11-17(4)20(12-16(18)3)30-23-27-22(28-31-23)19-13-26-21(14-25-19)24(5,6)7/h11-15H,9-10H2,1-8H3. The van der Waals surface area contributed by atoms with E-state index in [0.717, 1.165) is 30.0 Å². The third kappa shape index (κ3) is 5.86. The summed E-state index contributed by atoms with van der Waals surface area (Å²) >= 11 is 1.23. The van der Waals surface area contributed by atoms with Crippen molar-refractivity contribution in [2.75, 3.05) is 13.6 Å². The Balaban J connectivity index is 1.72. The lowest BCUT2D eigenvalue weighted by atomic mass is 9.93. The van der Waals surface area contributed by atoms with Crippen molar-refractivity contribution in [2.24, 2.45) is 0 Å². The first-order chi connectivity index (χ1) is 14.5. The van der Waals surface area contributed by atoms with Crippen LogP contribution in [0.25, 0.3) is 11.5 Å². The van der Waals surface area contributed by atoms with Crippen LogP contribution in [0.15, 0.2) is 24.5 Å². The molecule has 31 heavy (non-hydrogen) atoms. The molecular weight excluding hydrogens is 406 g/mol. The van der Waals surface area contributed by atoms with Gasteiger partial charge in [0.2, 0.25) is 0 Å². The average Bonchev–Trinajstić information content (AvgIpc) is 3.17. The second kappa shape index (κ2) is 9.40. The number of nitrogens with zero attached hydrogens (tertiary/aromatic N) is 5. The maximum atomic E-state index is 6.08. The monoisotopic (exact) mass is 439 g/mol. The summed E-state index contributed by atoms with van der Waals surface area (Å²) in [7, 11) is 2.17. The van der Waals surface area contributed by atoms with Gasteiger partial charge >= 0.3 is 0 Å². The molecule has 0 saturated heterocycles. The minimum Gasteiger partial charge on any atom is -0.430 e. The molecule has 0 aliphatic carbocycles. The summed E-state index contributed by atoms with van der Waals surface area (Å²) in [5.74, 6) is 1.35. The van der Waals surface area contributed by atoms with Crippen LogP contribution in [0.2, 0.25) is 0 Å². The van der Waals surface area contributed by atoms with Gasteiger partial charge in [-0.05, 0) is 63.9 Å². The van der Waals surface area contributed by atoms with Crippen molar-refractivity contribution in [1.82, 2.24) is 24.2 Å². The second-order valence-electron chi connectivity index (χ2n) is 9.39. The number of aryl methyl sites for hydroxylation is 2. The molecule has 7 heteroatoms. The minimum atomic E-state index is -0.0406. The number of ether oxygens (including phenoxy) is 1. The molecule has 0 aliphatic rings. The van der Waals surface area contributed by atoms with E-state index in [1.165, 1.54) is 22.7 Å². The molecule has 1 aromatic carbocycles. The summed E-state index contributed by atoms with van der Waals surface area (Å²) in [6.45, 7) is 16.0. The molecule has 2 heterocycles. The predicted molar refractivity (Wildman–Crippen MR) is 127 cm³/mol. The number of benzene rings is 1. The van der Waals surface area contributed by atoms with Gasteiger partial charge in [-0.15, -0.1) is 0 Å². The van der Waals surface area contributed by atoms with E-state index in [1.54, 1.807) is 12.4 Å². The highest BCUT2D eigenvalue weighted by atomic mass is 32.1. The molecule has 0 bridgehead atoms. The van der Waals surface area contributed by atoms with Crippen LogP contribution in [-0.4, -0.2) is 43.9 Å². The van der Waals surface area contributed by atoms with Gasteiger partial charge in [-0.2, -0.15) is 9.36 Å². The van der Waals surface area contributed by atoms with Gasteiger partial charge in [0.15, 0.2) is 5.82 Å². The number of aromatic nitrogens is 4. The van der Waals surface area contributed by atoms with Crippen molar-refractivity contribution in [1.29, 1.82) is 0 Å². The summed E-state index contributed by atoms with van der Waals surface area (Å²) in [6, 6.07) is 4.86. The fourth-order valence-electron chi connectivity index (χ4n) is 3.06. The molecule has 0 fully saturated rings. The third-order valence-corrected chi connectivity index (χ3v) is 6.10. The van der Waals surface area contributed by atoms with E-state index in [9.17, 15) is 0 Å². The SMILES string of the molecule is Cc1cc(Oc2nc(-c3cnc(C(C)(C)C)cn3)ns2)c(C)cc1CCN(C)C(C)C. The summed E-state index contributed by atoms with van der Waals surface area (Å²) in [4.78, 5) is 15.9. The van der Waals surface area contributed by atoms with E-state index in [2.05, 4.69) is 91.9 Å². The highest BCUT2D eigenvalue weighted by Crippen LogP contribution is 2.31. The van der Waals surface area contributed by atoms with Crippen LogP contribution in [-0.2, 0) is 11.8 Å². The Morgan fingerprint density at radius 1 is 1.06 bits per heavy atom.